The fourth-order valence-corrected chi connectivity index (χ4v) is 1.58. The van der Waals surface area contributed by atoms with Crippen molar-refractivity contribution in [3.05, 3.63) is 12.3 Å². The standard InChI is InChI=1S/C13H25NO2/c1-6-7-8-9-10-16-13(15)14(11(2)3)12(4)5/h9-12H,6-8H2,1-5H3/b10-9+. The second-order valence-electron chi connectivity index (χ2n) is 4.49. The number of unbranched alkanes of at least 4 members (excludes halogenated alkanes) is 2. The highest BCUT2D eigenvalue weighted by atomic mass is 16.5. The van der Waals surface area contributed by atoms with Crippen molar-refractivity contribution in [2.75, 3.05) is 0 Å². The van der Waals surface area contributed by atoms with E-state index in [4.69, 9.17) is 4.74 Å². The van der Waals surface area contributed by atoms with Crippen molar-refractivity contribution in [1.82, 2.24) is 4.90 Å². The molecule has 0 radical (unpaired) electrons. The molecule has 0 rings (SSSR count). The van der Waals surface area contributed by atoms with Gasteiger partial charge in [0.25, 0.3) is 0 Å². The van der Waals surface area contributed by atoms with Gasteiger partial charge in [0.1, 0.15) is 0 Å². The van der Waals surface area contributed by atoms with Crippen LogP contribution in [-0.2, 0) is 4.74 Å². The monoisotopic (exact) mass is 227 g/mol. The molecule has 0 spiro atoms. The minimum absolute atomic E-state index is 0.163. The summed E-state index contributed by atoms with van der Waals surface area (Å²) in [6.07, 6.45) is 6.40. The Labute approximate surface area is 99.5 Å². The van der Waals surface area contributed by atoms with Crippen molar-refractivity contribution < 1.29 is 9.53 Å². The van der Waals surface area contributed by atoms with Crippen LogP contribution in [0.25, 0.3) is 0 Å². The van der Waals surface area contributed by atoms with Crippen LogP contribution in [0.2, 0.25) is 0 Å². The summed E-state index contributed by atoms with van der Waals surface area (Å²) in [6, 6.07) is 0.327. The first kappa shape index (κ1) is 15.0. The number of amides is 1. The van der Waals surface area contributed by atoms with Crippen molar-refractivity contribution in [3.8, 4) is 0 Å². The molecule has 0 saturated carbocycles. The highest BCUT2D eigenvalue weighted by Gasteiger charge is 2.20. The van der Waals surface area contributed by atoms with Crippen LogP contribution >= 0.6 is 0 Å². The zero-order chi connectivity index (χ0) is 12.6. The SMILES string of the molecule is CCCC/C=C/OC(=O)N(C(C)C)C(C)C. The Morgan fingerprint density at radius 1 is 1.25 bits per heavy atom. The zero-order valence-corrected chi connectivity index (χ0v) is 11.2. The summed E-state index contributed by atoms with van der Waals surface area (Å²) >= 11 is 0. The highest BCUT2D eigenvalue weighted by molar-refractivity contribution is 5.68. The van der Waals surface area contributed by atoms with E-state index in [1.807, 2.05) is 33.8 Å². The molecule has 0 heterocycles. The van der Waals surface area contributed by atoms with Crippen LogP contribution in [0, 0.1) is 0 Å². The minimum Gasteiger partial charge on any atom is -0.418 e. The molecule has 0 aromatic rings. The molecule has 3 nitrogen and oxygen atoms in total. The quantitative estimate of drug-likeness (QED) is 0.508. The largest absolute Gasteiger partial charge is 0.418 e. The van der Waals surface area contributed by atoms with E-state index in [0.717, 1.165) is 19.3 Å². The summed E-state index contributed by atoms with van der Waals surface area (Å²) in [5.74, 6) is 0. The van der Waals surface area contributed by atoms with E-state index in [1.165, 1.54) is 6.26 Å². The van der Waals surface area contributed by atoms with Crippen LogP contribution in [0.15, 0.2) is 12.3 Å². The zero-order valence-electron chi connectivity index (χ0n) is 11.2. The molecular formula is C13H25NO2. The van der Waals surface area contributed by atoms with Crippen molar-refractivity contribution in [2.24, 2.45) is 0 Å². The van der Waals surface area contributed by atoms with Gasteiger partial charge >= 0.3 is 6.09 Å². The second-order valence-corrected chi connectivity index (χ2v) is 4.49. The first-order valence-electron chi connectivity index (χ1n) is 6.14. The minimum atomic E-state index is -0.266. The molecule has 16 heavy (non-hydrogen) atoms. The molecule has 0 aromatic carbocycles. The van der Waals surface area contributed by atoms with Crippen LogP contribution in [-0.4, -0.2) is 23.1 Å². The average molecular weight is 227 g/mol. The van der Waals surface area contributed by atoms with Gasteiger partial charge in [-0.25, -0.2) is 4.79 Å². The van der Waals surface area contributed by atoms with Gasteiger partial charge in [-0.1, -0.05) is 13.3 Å². The van der Waals surface area contributed by atoms with E-state index in [-0.39, 0.29) is 18.2 Å². The van der Waals surface area contributed by atoms with Gasteiger partial charge in [-0.2, -0.15) is 0 Å². The van der Waals surface area contributed by atoms with E-state index in [0.29, 0.717) is 0 Å². The van der Waals surface area contributed by atoms with E-state index >= 15 is 0 Å². The predicted octanol–water partition coefficient (Wildman–Crippen LogP) is 3.95. The molecule has 0 fully saturated rings. The van der Waals surface area contributed by atoms with Gasteiger partial charge < -0.3 is 9.64 Å². The maximum absolute atomic E-state index is 11.7. The summed E-state index contributed by atoms with van der Waals surface area (Å²) in [5, 5.41) is 0. The van der Waals surface area contributed by atoms with Crippen molar-refractivity contribution in [1.29, 1.82) is 0 Å². The van der Waals surface area contributed by atoms with E-state index in [2.05, 4.69) is 6.92 Å². The molecule has 3 heteroatoms. The van der Waals surface area contributed by atoms with Crippen LogP contribution in [0.3, 0.4) is 0 Å². The Kier molecular flexibility index (Phi) is 7.69. The van der Waals surface area contributed by atoms with Gasteiger partial charge in [-0.05, 0) is 46.6 Å². The first-order chi connectivity index (χ1) is 7.50. The van der Waals surface area contributed by atoms with Crippen molar-refractivity contribution in [2.45, 2.75) is 66.0 Å². The number of allylic oxidation sites excluding steroid dienone is 1. The number of rotatable bonds is 6. The molecule has 0 unspecified atom stereocenters. The normalized spacial score (nSPS) is 11.4. The molecule has 0 saturated heterocycles. The molecule has 94 valence electrons. The summed E-state index contributed by atoms with van der Waals surface area (Å²) in [7, 11) is 0. The number of hydrogen-bond acceptors (Lipinski definition) is 2. The fourth-order valence-electron chi connectivity index (χ4n) is 1.58. The highest BCUT2D eigenvalue weighted by Crippen LogP contribution is 2.07. The molecule has 0 aromatic heterocycles. The number of hydrogen-bond donors (Lipinski definition) is 0. The molecule has 0 aliphatic rings. The third-order valence-electron chi connectivity index (χ3n) is 2.31. The Morgan fingerprint density at radius 3 is 2.25 bits per heavy atom. The molecule has 1 amide bonds. The summed E-state index contributed by atoms with van der Waals surface area (Å²) < 4.78 is 5.08. The Balaban J connectivity index is 4.07. The lowest BCUT2D eigenvalue weighted by molar-refractivity contribution is 0.109. The van der Waals surface area contributed by atoms with Crippen molar-refractivity contribution >= 4 is 6.09 Å². The fraction of sp³-hybridized carbons (Fsp3) is 0.769. The van der Waals surface area contributed by atoms with E-state index in [9.17, 15) is 4.79 Å². The molecule has 0 bridgehead atoms. The third kappa shape index (κ3) is 5.79. The van der Waals surface area contributed by atoms with Crippen LogP contribution in [0.1, 0.15) is 53.9 Å². The van der Waals surface area contributed by atoms with E-state index in [1.54, 1.807) is 4.90 Å². The topological polar surface area (TPSA) is 29.5 Å². The molecule has 0 aliphatic heterocycles. The lowest BCUT2D eigenvalue weighted by Crippen LogP contribution is -2.41. The van der Waals surface area contributed by atoms with Gasteiger partial charge in [0, 0.05) is 12.1 Å². The summed E-state index contributed by atoms with van der Waals surface area (Å²) in [4.78, 5) is 13.4. The van der Waals surface area contributed by atoms with Gasteiger partial charge in [-0.3, -0.25) is 0 Å². The third-order valence-corrected chi connectivity index (χ3v) is 2.31. The molecular weight excluding hydrogens is 202 g/mol. The van der Waals surface area contributed by atoms with Gasteiger partial charge in [0.05, 0.1) is 6.26 Å². The second kappa shape index (κ2) is 8.20. The molecule has 0 atom stereocenters. The molecule has 0 N–H and O–H groups in total. The van der Waals surface area contributed by atoms with Gasteiger partial charge in [0.2, 0.25) is 0 Å². The van der Waals surface area contributed by atoms with Gasteiger partial charge in [-0.15, -0.1) is 0 Å². The lowest BCUT2D eigenvalue weighted by atomic mass is 10.2. The number of carbonyl (C=O) groups is 1. The number of carbonyl (C=O) groups excluding carboxylic acids is 1. The van der Waals surface area contributed by atoms with Crippen LogP contribution in [0.5, 0.6) is 0 Å². The summed E-state index contributed by atoms with van der Waals surface area (Å²) in [6.45, 7) is 10.1. The Morgan fingerprint density at radius 2 is 1.81 bits per heavy atom. The van der Waals surface area contributed by atoms with Crippen LogP contribution in [0.4, 0.5) is 4.79 Å². The Hall–Kier alpha value is -0.990. The Bertz CT molecular complexity index is 214. The van der Waals surface area contributed by atoms with E-state index < -0.39 is 0 Å². The smallest absolute Gasteiger partial charge is 0.415 e. The lowest BCUT2D eigenvalue weighted by Gasteiger charge is -2.28. The average Bonchev–Trinajstić information content (AvgIpc) is 2.16. The predicted molar refractivity (Wildman–Crippen MR) is 67.3 cm³/mol. The molecule has 0 aliphatic carbocycles. The van der Waals surface area contributed by atoms with Crippen LogP contribution < -0.4 is 0 Å². The number of ether oxygens (including phenoxy) is 1. The van der Waals surface area contributed by atoms with Gasteiger partial charge in [0.15, 0.2) is 0 Å². The maximum atomic E-state index is 11.7. The summed E-state index contributed by atoms with van der Waals surface area (Å²) in [5.41, 5.74) is 0. The first-order valence-corrected chi connectivity index (χ1v) is 6.14. The number of nitrogens with zero attached hydrogens (tertiary/aromatic N) is 1. The maximum Gasteiger partial charge on any atom is 0.415 e. The van der Waals surface area contributed by atoms with Crippen molar-refractivity contribution in [3.63, 3.8) is 0 Å².